The molecule has 2 N–H and O–H groups in total. The quantitative estimate of drug-likeness (QED) is 0.757. The smallest absolute Gasteiger partial charge is 0.0218 e. The van der Waals surface area contributed by atoms with Gasteiger partial charge in [0.2, 0.25) is 0 Å². The van der Waals surface area contributed by atoms with Crippen LogP contribution in [0.2, 0.25) is 0 Å². The van der Waals surface area contributed by atoms with Gasteiger partial charge in [0.15, 0.2) is 0 Å². The predicted octanol–water partition coefficient (Wildman–Crippen LogP) is 1.15. The van der Waals surface area contributed by atoms with Gasteiger partial charge in [-0.25, -0.2) is 0 Å². The van der Waals surface area contributed by atoms with Crippen LogP contribution in [0.1, 0.15) is 12.8 Å². The lowest BCUT2D eigenvalue weighted by atomic mass is 10.1. The summed E-state index contributed by atoms with van der Waals surface area (Å²) in [5.41, 5.74) is 0. The van der Waals surface area contributed by atoms with Gasteiger partial charge >= 0.3 is 0 Å². The summed E-state index contributed by atoms with van der Waals surface area (Å²) in [6, 6.07) is 0.757. The summed E-state index contributed by atoms with van der Waals surface area (Å²) in [5.74, 6) is 0. The molecular weight excluding hydrogens is 256 g/mol. The number of hydrogen-bond acceptors (Lipinski definition) is 3. The maximum atomic E-state index is 3.43. The SMILES string of the molecule is CNCCCC1CNCCN1C.Cl.Cl.Cl. The minimum Gasteiger partial charge on any atom is -0.320 e. The van der Waals surface area contributed by atoms with Gasteiger partial charge in [-0.15, -0.1) is 37.2 Å². The first kappa shape index (κ1) is 21.1. The Balaban J connectivity index is -0.000000480. The third-order valence-corrected chi connectivity index (χ3v) is 2.61. The van der Waals surface area contributed by atoms with E-state index in [-0.39, 0.29) is 37.2 Å². The molecule has 0 saturated carbocycles. The summed E-state index contributed by atoms with van der Waals surface area (Å²) in [6.45, 7) is 4.66. The van der Waals surface area contributed by atoms with Crippen LogP contribution in [-0.4, -0.2) is 51.2 Å². The van der Waals surface area contributed by atoms with E-state index in [9.17, 15) is 0 Å². The van der Waals surface area contributed by atoms with Crippen molar-refractivity contribution >= 4 is 37.2 Å². The Labute approximate surface area is 112 Å². The van der Waals surface area contributed by atoms with Gasteiger partial charge in [-0.1, -0.05) is 0 Å². The van der Waals surface area contributed by atoms with Gasteiger partial charge in [-0.05, 0) is 33.5 Å². The third-order valence-electron chi connectivity index (χ3n) is 2.61. The molecule has 1 saturated heterocycles. The summed E-state index contributed by atoms with van der Waals surface area (Å²) in [5, 5.41) is 6.61. The standard InChI is InChI=1S/C9H21N3.3ClH/c1-10-5-3-4-9-8-11-6-7-12(9)2;;;/h9-11H,3-8H2,1-2H3;3*1H. The van der Waals surface area contributed by atoms with Gasteiger partial charge in [0, 0.05) is 25.7 Å². The molecule has 0 aliphatic carbocycles. The Morgan fingerprint density at radius 2 is 2.00 bits per heavy atom. The fourth-order valence-corrected chi connectivity index (χ4v) is 1.70. The van der Waals surface area contributed by atoms with Crippen LogP contribution in [0.15, 0.2) is 0 Å². The van der Waals surface area contributed by atoms with E-state index >= 15 is 0 Å². The molecule has 0 spiro atoms. The average molecular weight is 281 g/mol. The van der Waals surface area contributed by atoms with Crippen LogP contribution in [0.5, 0.6) is 0 Å². The van der Waals surface area contributed by atoms with E-state index in [2.05, 4.69) is 22.6 Å². The summed E-state index contributed by atoms with van der Waals surface area (Å²) < 4.78 is 0. The predicted molar refractivity (Wildman–Crippen MR) is 74.2 cm³/mol. The monoisotopic (exact) mass is 279 g/mol. The Kier molecular flexibility index (Phi) is 18.0. The van der Waals surface area contributed by atoms with Gasteiger partial charge in [-0.2, -0.15) is 0 Å². The molecule has 6 heteroatoms. The fourth-order valence-electron chi connectivity index (χ4n) is 1.70. The summed E-state index contributed by atoms with van der Waals surface area (Å²) in [7, 11) is 4.24. The van der Waals surface area contributed by atoms with E-state index < -0.39 is 0 Å². The first-order chi connectivity index (χ1) is 5.84. The second-order valence-electron chi connectivity index (χ2n) is 3.58. The Hall–Kier alpha value is 0.750. The van der Waals surface area contributed by atoms with Crippen LogP contribution < -0.4 is 10.6 Å². The highest BCUT2D eigenvalue weighted by atomic mass is 35.5. The van der Waals surface area contributed by atoms with Crippen molar-refractivity contribution in [1.82, 2.24) is 15.5 Å². The van der Waals surface area contributed by atoms with Crippen molar-refractivity contribution in [2.45, 2.75) is 18.9 Å². The molecule has 1 aliphatic rings. The van der Waals surface area contributed by atoms with Crippen molar-refractivity contribution in [3.63, 3.8) is 0 Å². The number of rotatable bonds is 4. The van der Waals surface area contributed by atoms with Crippen molar-refractivity contribution in [2.75, 3.05) is 40.3 Å². The minimum atomic E-state index is 0. The second-order valence-corrected chi connectivity index (χ2v) is 3.58. The van der Waals surface area contributed by atoms with Crippen LogP contribution in [0.4, 0.5) is 0 Å². The van der Waals surface area contributed by atoms with Crippen molar-refractivity contribution in [3.8, 4) is 0 Å². The van der Waals surface area contributed by atoms with E-state index in [0.717, 1.165) is 19.1 Å². The number of piperazine rings is 1. The van der Waals surface area contributed by atoms with Crippen LogP contribution in [0.25, 0.3) is 0 Å². The largest absolute Gasteiger partial charge is 0.320 e. The number of halogens is 3. The van der Waals surface area contributed by atoms with E-state index in [4.69, 9.17) is 0 Å². The van der Waals surface area contributed by atoms with Gasteiger partial charge in [0.1, 0.15) is 0 Å². The molecule has 0 aromatic rings. The second kappa shape index (κ2) is 12.8. The average Bonchev–Trinajstić information content (AvgIpc) is 2.09. The maximum Gasteiger partial charge on any atom is 0.0218 e. The van der Waals surface area contributed by atoms with E-state index in [1.807, 2.05) is 7.05 Å². The molecule has 0 bridgehead atoms. The van der Waals surface area contributed by atoms with Crippen molar-refractivity contribution < 1.29 is 0 Å². The zero-order valence-electron chi connectivity index (χ0n) is 9.49. The zero-order valence-corrected chi connectivity index (χ0v) is 11.9. The molecule has 1 atom stereocenters. The number of nitrogens with one attached hydrogen (secondary N) is 2. The van der Waals surface area contributed by atoms with Crippen molar-refractivity contribution in [2.24, 2.45) is 0 Å². The molecule has 1 fully saturated rings. The molecule has 0 radical (unpaired) electrons. The van der Waals surface area contributed by atoms with Crippen molar-refractivity contribution in [1.29, 1.82) is 0 Å². The summed E-state index contributed by atoms with van der Waals surface area (Å²) in [4.78, 5) is 2.46. The molecule has 1 heterocycles. The summed E-state index contributed by atoms with van der Waals surface area (Å²) in [6.07, 6.45) is 2.59. The number of hydrogen-bond donors (Lipinski definition) is 2. The van der Waals surface area contributed by atoms with Crippen LogP contribution in [0, 0.1) is 0 Å². The van der Waals surface area contributed by atoms with Crippen LogP contribution >= 0.6 is 37.2 Å². The van der Waals surface area contributed by atoms with Gasteiger partial charge in [0.25, 0.3) is 0 Å². The first-order valence-corrected chi connectivity index (χ1v) is 4.90. The highest BCUT2D eigenvalue weighted by Crippen LogP contribution is 2.06. The zero-order chi connectivity index (χ0) is 8.81. The normalized spacial score (nSPS) is 20.8. The Morgan fingerprint density at radius 1 is 1.33 bits per heavy atom. The van der Waals surface area contributed by atoms with E-state index in [1.165, 1.54) is 25.9 Å². The maximum absolute atomic E-state index is 3.43. The van der Waals surface area contributed by atoms with Crippen LogP contribution in [0.3, 0.4) is 0 Å². The molecule has 1 aliphatic heterocycles. The molecule has 1 rings (SSSR count). The van der Waals surface area contributed by atoms with Crippen molar-refractivity contribution in [3.05, 3.63) is 0 Å². The Bertz CT molecular complexity index is 127. The van der Waals surface area contributed by atoms with E-state index in [1.54, 1.807) is 0 Å². The molecule has 96 valence electrons. The van der Waals surface area contributed by atoms with Crippen LogP contribution in [-0.2, 0) is 0 Å². The molecule has 3 nitrogen and oxygen atoms in total. The van der Waals surface area contributed by atoms with E-state index in [0.29, 0.717) is 0 Å². The topological polar surface area (TPSA) is 27.3 Å². The number of nitrogens with zero attached hydrogens (tertiary/aromatic N) is 1. The highest BCUT2D eigenvalue weighted by Gasteiger charge is 2.17. The molecular formula is C9H24Cl3N3. The lowest BCUT2D eigenvalue weighted by molar-refractivity contribution is 0.188. The lowest BCUT2D eigenvalue weighted by Gasteiger charge is -2.33. The van der Waals surface area contributed by atoms with Gasteiger partial charge in [-0.3, -0.25) is 0 Å². The molecule has 0 aromatic carbocycles. The molecule has 0 aromatic heterocycles. The first-order valence-electron chi connectivity index (χ1n) is 4.90. The minimum absolute atomic E-state index is 0. The molecule has 15 heavy (non-hydrogen) atoms. The molecule has 0 amide bonds. The van der Waals surface area contributed by atoms with Gasteiger partial charge < -0.3 is 15.5 Å². The lowest BCUT2D eigenvalue weighted by Crippen LogP contribution is -2.49. The van der Waals surface area contributed by atoms with Gasteiger partial charge in [0.05, 0.1) is 0 Å². The Morgan fingerprint density at radius 3 is 2.53 bits per heavy atom. The third kappa shape index (κ3) is 8.55. The highest BCUT2D eigenvalue weighted by molar-refractivity contribution is 5.86. The summed E-state index contributed by atoms with van der Waals surface area (Å²) >= 11 is 0. The number of likely N-dealkylation sites (N-methyl/N-ethyl adjacent to an activating group) is 1. The molecule has 1 unspecified atom stereocenters. The fraction of sp³-hybridized carbons (Fsp3) is 1.00.